The van der Waals surface area contributed by atoms with Crippen molar-refractivity contribution in [3.05, 3.63) is 28.8 Å². The van der Waals surface area contributed by atoms with Crippen LogP contribution < -0.4 is 4.90 Å². The lowest BCUT2D eigenvalue weighted by atomic mass is 10.0. The zero-order valence-electron chi connectivity index (χ0n) is 12.2. The maximum Gasteiger partial charge on any atom is 0.183 e. The Hall–Kier alpha value is -1.82. The van der Waals surface area contributed by atoms with Crippen molar-refractivity contribution in [3.8, 4) is 0 Å². The van der Waals surface area contributed by atoms with Gasteiger partial charge in [-0.1, -0.05) is 0 Å². The Balaban J connectivity index is 2.55. The van der Waals surface area contributed by atoms with Crippen molar-refractivity contribution in [1.29, 1.82) is 0 Å². The summed E-state index contributed by atoms with van der Waals surface area (Å²) in [6, 6.07) is 1.11. The molecule has 0 saturated carbocycles. The van der Waals surface area contributed by atoms with Crippen LogP contribution in [0.2, 0.25) is 0 Å². The number of halogens is 2. The highest BCUT2D eigenvalue weighted by molar-refractivity contribution is 5.98. The Kier molecular flexibility index (Phi) is 4.37. The van der Waals surface area contributed by atoms with Crippen LogP contribution in [0.25, 0.3) is 0 Å². The van der Waals surface area contributed by atoms with Crippen LogP contribution in [-0.4, -0.2) is 37.4 Å². The standard InChI is InChI=1S/C15H17F2NO3/c1-8-5-18(6-9(2)21-8)15-11(7-19)4-12(10(3)20)13(16)14(15)17/h4,7-9H,5-6H2,1-3H3/t8-,9+. The molecule has 6 heteroatoms. The lowest BCUT2D eigenvalue weighted by Crippen LogP contribution is -2.46. The third-order valence-electron chi connectivity index (χ3n) is 3.45. The fraction of sp³-hybridized carbons (Fsp3) is 0.467. The largest absolute Gasteiger partial charge is 0.372 e. The SMILES string of the molecule is CC(=O)c1cc(C=O)c(N2C[C@@H](C)O[C@@H](C)C2)c(F)c1F. The molecule has 21 heavy (non-hydrogen) atoms. The predicted octanol–water partition coefficient (Wildman–Crippen LogP) is 2.59. The topological polar surface area (TPSA) is 46.6 Å². The highest BCUT2D eigenvalue weighted by atomic mass is 19.2. The smallest absolute Gasteiger partial charge is 0.183 e. The number of hydrogen-bond acceptors (Lipinski definition) is 4. The number of ketones is 1. The van der Waals surface area contributed by atoms with Gasteiger partial charge >= 0.3 is 0 Å². The Morgan fingerprint density at radius 1 is 1.29 bits per heavy atom. The zero-order valence-corrected chi connectivity index (χ0v) is 12.2. The number of aldehydes is 1. The van der Waals surface area contributed by atoms with E-state index in [2.05, 4.69) is 0 Å². The van der Waals surface area contributed by atoms with Gasteiger partial charge < -0.3 is 9.64 Å². The molecule has 1 aromatic carbocycles. The zero-order chi connectivity index (χ0) is 15.7. The van der Waals surface area contributed by atoms with Crippen LogP contribution in [0.15, 0.2) is 6.07 Å². The van der Waals surface area contributed by atoms with E-state index in [-0.39, 0.29) is 23.5 Å². The van der Waals surface area contributed by atoms with Gasteiger partial charge in [0.05, 0.1) is 23.5 Å². The molecule has 1 heterocycles. The number of hydrogen-bond donors (Lipinski definition) is 0. The number of benzene rings is 1. The summed E-state index contributed by atoms with van der Waals surface area (Å²) in [4.78, 5) is 24.1. The van der Waals surface area contributed by atoms with Crippen molar-refractivity contribution < 1.29 is 23.1 Å². The first-order valence-corrected chi connectivity index (χ1v) is 6.73. The molecule has 0 N–H and O–H groups in total. The van der Waals surface area contributed by atoms with Crippen molar-refractivity contribution in [2.45, 2.75) is 33.0 Å². The number of morpholine rings is 1. The van der Waals surface area contributed by atoms with Crippen LogP contribution in [0.5, 0.6) is 0 Å². The molecule has 1 aliphatic rings. The Bertz CT molecular complexity index is 579. The van der Waals surface area contributed by atoms with Crippen LogP contribution in [0.4, 0.5) is 14.5 Å². The molecule has 0 radical (unpaired) electrons. The van der Waals surface area contributed by atoms with Crippen LogP contribution >= 0.6 is 0 Å². The second-order valence-corrected chi connectivity index (χ2v) is 5.33. The quantitative estimate of drug-likeness (QED) is 0.635. The summed E-state index contributed by atoms with van der Waals surface area (Å²) < 4.78 is 33.9. The Morgan fingerprint density at radius 3 is 2.33 bits per heavy atom. The molecule has 0 spiro atoms. The van der Waals surface area contributed by atoms with Gasteiger partial charge in [0.1, 0.15) is 0 Å². The fourth-order valence-electron chi connectivity index (χ4n) is 2.66. The first-order chi connectivity index (χ1) is 9.85. The second-order valence-electron chi connectivity index (χ2n) is 5.33. The summed E-state index contributed by atoms with van der Waals surface area (Å²) in [5, 5.41) is 0. The van der Waals surface area contributed by atoms with Crippen molar-refractivity contribution in [3.63, 3.8) is 0 Å². The van der Waals surface area contributed by atoms with Crippen LogP contribution in [0.3, 0.4) is 0 Å². The van der Waals surface area contributed by atoms with Crippen molar-refractivity contribution >= 4 is 17.8 Å². The monoisotopic (exact) mass is 297 g/mol. The maximum atomic E-state index is 14.3. The number of Topliss-reactive ketones (excluding diaryl/α,β-unsaturated/α-hetero) is 1. The van der Waals surface area contributed by atoms with Gasteiger partial charge in [-0.25, -0.2) is 8.78 Å². The van der Waals surface area contributed by atoms with E-state index < -0.39 is 23.0 Å². The average molecular weight is 297 g/mol. The molecule has 1 fully saturated rings. The van der Waals surface area contributed by atoms with Crippen molar-refractivity contribution in [2.75, 3.05) is 18.0 Å². The molecular formula is C15H17F2NO3. The molecule has 1 saturated heterocycles. The van der Waals surface area contributed by atoms with Crippen LogP contribution in [0, 0.1) is 11.6 Å². The lowest BCUT2D eigenvalue weighted by Gasteiger charge is -2.37. The van der Waals surface area contributed by atoms with E-state index >= 15 is 0 Å². The van der Waals surface area contributed by atoms with Crippen LogP contribution in [0.1, 0.15) is 41.5 Å². The molecule has 1 aliphatic heterocycles. The van der Waals surface area contributed by atoms with E-state index in [1.54, 1.807) is 4.90 Å². The molecule has 0 aliphatic carbocycles. The Morgan fingerprint density at radius 2 is 1.86 bits per heavy atom. The average Bonchev–Trinajstić information content (AvgIpc) is 2.39. The van der Waals surface area contributed by atoms with Gasteiger partial charge in [-0.05, 0) is 26.8 Å². The van der Waals surface area contributed by atoms with Gasteiger partial charge in [-0.3, -0.25) is 9.59 Å². The highest BCUT2D eigenvalue weighted by Gasteiger charge is 2.29. The number of ether oxygens (including phenoxy) is 1. The van der Waals surface area contributed by atoms with Crippen molar-refractivity contribution in [2.24, 2.45) is 0 Å². The van der Waals surface area contributed by atoms with E-state index in [9.17, 15) is 18.4 Å². The second kappa shape index (κ2) is 5.89. The summed E-state index contributed by atoms with van der Waals surface area (Å²) in [6.45, 7) is 5.47. The highest BCUT2D eigenvalue weighted by Crippen LogP contribution is 2.30. The molecule has 4 nitrogen and oxygen atoms in total. The fourth-order valence-corrected chi connectivity index (χ4v) is 2.66. The molecule has 0 amide bonds. The molecule has 0 unspecified atom stereocenters. The molecule has 2 rings (SSSR count). The number of nitrogens with zero attached hydrogens (tertiary/aromatic N) is 1. The van der Waals surface area contributed by atoms with Gasteiger partial charge in [-0.2, -0.15) is 0 Å². The van der Waals surface area contributed by atoms with Gasteiger partial charge in [0.15, 0.2) is 23.7 Å². The van der Waals surface area contributed by atoms with E-state index in [0.29, 0.717) is 19.4 Å². The summed E-state index contributed by atoms with van der Waals surface area (Å²) in [7, 11) is 0. The molecule has 114 valence electrons. The molecular weight excluding hydrogens is 280 g/mol. The third-order valence-corrected chi connectivity index (χ3v) is 3.45. The normalized spacial score (nSPS) is 22.2. The van der Waals surface area contributed by atoms with Gasteiger partial charge in [0, 0.05) is 18.7 Å². The predicted molar refractivity (Wildman–Crippen MR) is 74.0 cm³/mol. The number of carbonyl (C=O) groups is 2. The minimum atomic E-state index is -1.21. The molecule has 2 atom stereocenters. The van der Waals surface area contributed by atoms with E-state index in [1.807, 2.05) is 13.8 Å². The van der Waals surface area contributed by atoms with Crippen LogP contribution in [-0.2, 0) is 4.74 Å². The minimum Gasteiger partial charge on any atom is -0.372 e. The summed E-state index contributed by atoms with van der Waals surface area (Å²) >= 11 is 0. The number of rotatable bonds is 3. The van der Waals surface area contributed by atoms with Crippen molar-refractivity contribution in [1.82, 2.24) is 0 Å². The molecule has 0 aromatic heterocycles. The molecule has 1 aromatic rings. The summed E-state index contributed by atoms with van der Waals surface area (Å²) in [5.74, 6) is -2.99. The van der Waals surface area contributed by atoms with Gasteiger partial charge in [-0.15, -0.1) is 0 Å². The minimum absolute atomic E-state index is 0.0274. The number of carbonyl (C=O) groups excluding carboxylic acids is 2. The third kappa shape index (κ3) is 2.95. The van der Waals surface area contributed by atoms with E-state index in [0.717, 1.165) is 13.0 Å². The summed E-state index contributed by atoms with van der Waals surface area (Å²) in [6.07, 6.45) is 0.112. The Labute approximate surface area is 121 Å². The maximum absolute atomic E-state index is 14.3. The first kappa shape index (κ1) is 15.6. The van der Waals surface area contributed by atoms with Gasteiger partial charge in [0.25, 0.3) is 0 Å². The lowest BCUT2D eigenvalue weighted by molar-refractivity contribution is -0.00547. The van der Waals surface area contributed by atoms with Gasteiger partial charge in [0.2, 0.25) is 0 Å². The van der Waals surface area contributed by atoms with E-state index in [4.69, 9.17) is 4.74 Å². The van der Waals surface area contributed by atoms with E-state index in [1.165, 1.54) is 0 Å². The summed E-state index contributed by atoms with van der Waals surface area (Å²) in [5.41, 5.74) is -0.539. The number of anilines is 1. The first-order valence-electron chi connectivity index (χ1n) is 6.73. The molecule has 0 bridgehead atoms.